The fourth-order valence-corrected chi connectivity index (χ4v) is 1.39. The predicted molar refractivity (Wildman–Crippen MR) is 57.6 cm³/mol. The lowest BCUT2D eigenvalue weighted by molar-refractivity contribution is 0.261. The fourth-order valence-electron chi connectivity index (χ4n) is 1.39. The summed E-state index contributed by atoms with van der Waals surface area (Å²) in [5.74, 6) is 1.80. The summed E-state index contributed by atoms with van der Waals surface area (Å²) in [5, 5.41) is 0. The van der Waals surface area contributed by atoms with Crippen LogP contribution in [-0.2, 0) is 4.74 Å². The van der Waals surface area contributed by atoms with Gasteiger partial charge in [-0.2, -0.15) is 0 Å². The highest BCUT2D eigenvalue weighted by Crippen LogP contribution is 2.24. The maximum atomic E-state index is 5.61. The minimum Gasteiger partial charge on any atom is -0.494 e. The van der Waals surface area contributed by atoms with Gasteiger partial charge in [-0.05, 0) is 37.6 Å². The van der Waals surface area contributed by atoms with Crippen LogP contribution in [0.3, 0.4) is 0 Å². The molecule has 1 fully saturated rings. The summed E-state index contributed by atoms with van der Waals surface area (Å²) < 4.78 is 16.1. The van der Waals surface area contributed by atoms with Crippen LogP contribution in [0.25, 0.3) is 0 Å². The number of hydrogen-bond donors (Lipinski definition) is 0. The zero-order valence-electron chi connectivity index (χ0n) is 9.16. The van der Waals surface area contributed by atoms with Crippen LogP contribution in [0.1, 0.15) is 12.5 Å². The summed E-state index contributed by atoms with van der Waals surface area (Å²) in [6.07, 6.45) is 0.302. The molecule has 1 heterocycles. The highest BCUT2D eigenvalue weighted by molar-refractivity contribution is 5.39. The molecule has 1 unspecified atom stereocenters. The second-order valence-electron chi connectivity index (χ2n) is 3.63. The van der Waals surface area contributed by atoms with E-state index in [1.165, 1.54) is 0 Å². The van der Waals surface area contributed by atoms with Gasteiger partial charge in [0, 0.05) is 0 Å². The molecule has 1 aromatic rings. The summed E-state index contributed by atoms with van der Waals surface area (Å²) in [6.45, 7) is 6.16. The maximum Gasteiger partial charge on any atom is 0.122 e. The fraction of sp³-hybridized carbons (Fsp3) is 0.500. The molecule has 1 aliphatic rings. The van der Waals surface area contributed by atoms with Crippen molar-refractivity contribution in [2.45, 2.75) is 20.0 Å². The Labute approximate surface area is 90.0 Å². The van der Waals surface area contributed by atoms with Gasteiger partial charge < -0.3 is 14.2 Å². The molecule has 15 heavy (non-hydrogen) atoms. The molecule has 0 saturated carbocycles. The van der Waals surface area contributed by atoms with Crippen molar-refractivity contribution >= 4 is 0 Å². The molecule has 0 N–H and O–H groups in total. The highest BCUT2D eigenvalue weighted by atomic mass is 16.6. The SMILES string of the molecule is CCOc1ccc(OCC2CO2)c(C)c1. The Morgan fingerprint density at radius 1 is 1.40 bits per heavy atom. The molecule has 1 atom stereocenters. The third-order valence-corrected chi connectivity index (χ3v) is 2.28. The van der Waals surface area contributed by atoms with Crippen LogP contribution < -0.4 is 9.47 Å². The second kappa shape index (κ2) is 4.53. The molecule has 0 bridgehead atoms. The Kier molecular flexibility index (Phi) is 3.11. The summed E-state index contributed by atoms with van der Waals surface area (Å²) in [5.41, 5.74) is 1.10. The zero-order valence-corrected chi connectivity index (χ0v) is 9.16. The topological polar surface area (TPSA) is 31.0 Å². The average Bonchev–Trinajstić information content (AvgIpc) is 3.01. The quantitative estimate of drug-likeness (QED) is 0.695. The summed E-state index contributed by atoms with van der Waals surface area (Å²) >= 11 is 0. The van der Waals surface area contributed by atoms with E-state index in [1.54, 1.807) is 0 Å². The van der Waals surface area contributed by atoms with Gasteiger partial charge in [0.25, 0.3) is 0 Å². The molecule has 3 nitrogen and oxygen atoms in total. The van der Waals surface area contributed by atoms with E-state index in [0.29, 0.717) is 19.3 Å². The monoisotopic (exact) mass is 208 g/mol. The molecule has 0 spiro atoms. The number of ether oxygens (including phenoxy) is 3. The van der Waals surface area contributed by atoms with Gasteiger partial charge in [0.2, 0.25) is 0 Å². The van der Waals surface area contributed by atoms with Crippen LogP contribution in [0, 0.1) is 6.92 Å². The summed E-state index contributed by atoms with van der Waals surface area (Å²) in [7, 11) is 0. The zero-order chi connectivity index (χ0) is 10.7. The molecule has 0 amide bonds. The Bertz CT molecular complexity index is 332. The van der Waals surface area contributed by atoms with Crippen LogP contribution in [0.5, 0.6) is 11.5 Å². The third kappa shape index (κ3) is 2.86. The molecular weight excluding hydrogens is 192 g/mol. The highest BCUT2D eigenvalue weighted by Gasteiger charge is 2.23. The van der Waals surface area contributed by atoms with Gasteiger partial charge in [0.1, 0.15) is 24.2 Å². The Morgan fingerprint density at radius 2 is 2.20 bits per heavy atom. The largest absolute Gasteiger partial charge is 0.494 e. The van der Waals surface area contributed by atoms with Crippen molar-refractivity contribution in [2.75, 3.05) is 19.8 Å². The summed E-state index contributed by atoms with van der Waals surface area (Å²) in [4.78, 5) is 0. The minimum atomic E-state index is 0.302. The van der Waals surface area contributed by atoms with Gasteiger partial charge in [0.05, 0.1) is 13.2 Å². The van der Waals surface area contributed by atoms with Crippen molar-refractivity contribution < 1.29 is 14.2 Å². The maximum absolute atomic E-state index is 5.61. The first-order chi connectivity index (χ1) is 7.29. The predicted octanol–water partition coefficient (Wildman–Crippen LogP) is 2.17. The van der Waals surface area contributed by atoms with E-state index in [9.17, 15) is 0 Å². The van der Waals surface area contributed by atoms with Gasteiger partial charge >= 0.3 is 0 Å². The first-order valence-electron chi connectivity index (χ1n) is 5.27. The molecule has 3 heteroatoms. The Morgan fingerprint density at radius 3 is 2.80 bits per heavy atom. The van der Waals surface area contributed by atoms with Crippen molar-refractivity contribution in [3.8, 4) is 11.5 Å². The Balaban J connectivity index is 1.97. The number of benzene rings is 1. The van der Waals surface area contributed by atoms with Crippen molar-refractivity contribution in [3.05, 3.63) is 23.8 Å². The first kappa shape index (κ1) is 10.3. The lowest BCUT2D eigenvalue weighted by Crippen LogP contribution is -2.05. The number of aryl methyl sites for hydroxylation is 1. The number of hydrogen-bond acceptors (Lipinski definition) is 3. The van der Waals surface area contributed by atoms with Crippen LogP contribution in [0.15, 0.2) is 18.2 Å². The van der Waals surface area contributed by atoms with Crippen LogP contribution in [0.4, 0.5) is 0 Å². The van der Waals surface area contributed by atoms with E-state index >= 15 is 0 Å². The van der Waals surface area contributed by atoms with Gasteiger partial charge in [-0.25, -0.2) is 0 Å². The van der Waals surface area contributed by atoms with Crippen molar-refractivity contribution in [1.82, 2.24) is 0 Å². The van der Waals surface area contributed by atoms with E-state index < -0.39 is 0 Å². The minimum absolute atomic E-state index is 0.302. The van der Waals surface area contributed by atoms with Crippen LogP contribution in [-0.4, -0.2) is 25.9 Å². The van der Waals surface area contributed by atoms with Crippen molar-refractivity contribution in [2.24, 2.45) is 0 Å². The third-order valence-electron chi connectivity index (χ3n) is 2.28. The van der Waals surface area contributed by atoms with E-state index in [4.69, 9.17) is 14.2 Å². The van der Waals surface area contributed by atoms with E-state index in [0.717, 1.165) is 23.7 Å². The molecular formula is C12H16O3. The normalized spacial score (nSPS) is 18.7. The lowest BCUT2D eigenvalue weighted by atomic mass is 10.2. The average molecular weight is 208 g/mol. The van der Waals surface area contributed by atoms with Crippen LogP contribution in [0.2, 0.25) is 0 Å². The first-order valence-corrected chi connectivity index (χ1v) is 5.27. The molecule has 0 radical (unpaired) electrons. The second-order valence-corrected chi connectivity index (χ2v) is 3.63. The number of epoxide rings is 1. The lowest BCUT2D eigenvalue weighted by Gasteiger charge is -2.09. The summed E-state index contributed by atoms with van der Waals surface area (Å²) in [6, 6.07) is 5.87. The molecule has 0 aromatic heterocycles. The van der Waals surface area contributed by atoms with Gasteiger partial charge in [-0.3, -0.25) is 0 Å². The van der Waals surface area contributed by atoms with Gasteiger partial charge in [-0.15, -0.1) is 0 Å². The molecule has 82 valence electrons. The van der Waals surface area contributed by atoms with E-state index in [2.05, 4.69) is 0 Å². The Hall–Kier alpha value is -1.22. The molecule has 0 aliphatic carbocycles. The molecule has 1 saturated heterocycles. The smallest absolute Gasteiger partial charge is 0.122 e. The van der Waals surface area contributed by atoms with Crippen molar-refractivity contribution in [3.63, 3.8) is 0 Å². The number of rotatable bonds is 5. The van der Waals surface area contributed by atoms with E-state index in [-0.39, 0.29) is 0 Å². The molecule has 1 aromatic carbocycles. The standard InChI is InChI=1S/C12H16O3/c1-3-13-10-4-5-12(9(2)6-10)15-8-11-7-14-11/h4-6,11H,3,7-8H2,1-2H3. The molecule has 2 rings (SSSR count). The van der Waals surface area contributed by atoms with Crippen LogP contribution >= 0.6 is 0 Å². The van der Waals surface area contributed by atoms with Crippen molar-refractivity contribution in [1.29, 1.82) is 0 Å². The van der Waals surface area contributed by atoms with E-state index in [1.807, 2.05) is 32.0 Å². The van der Waals surface area contributed by atoms with Gasteiger partial charge in [-0.1, -0.05) is 0 Å². The van der Waals surface area contributed by atoms with Gasteiger partial charge in [0.15, 0.2) is 0 Å². The molecule has 1 aliphatic heterocycles.